The zero-order chi connectivity index (χ0) is 15.0. The highest BCUT2D eigenvalue weighted by molar-refractivity contribution is 7.15. The molecule has 1 heterocycles. The lowest BCUT2D eigenvalue weighted by Crippen LogP contribution is -2.15. The molecule has 1 aromatic heterocycles. The van der Waals surface area contributed by atoms with Crippen LogP contribution in [0.1, 0.15) is 43.2 Å². The SMILES string of the molecule is CC(C)c1nc(-c2ccc(F)c(Cl)c2)sc1CNC1CC1. The lowest BCUT2D eigenvalue weighted by molar-refractivity contribution is 0.628. The maximum absolute atomic E-state index is 13.3. The van der Waals surface area contributed by atoms with Crippen LogP contribution in [0.25, 0.3) is 10.6 Å². The predicted octanol–water partition coefficient (Wildman–Crippen LogP) is 4.98. The van der Waals surface area contributed by atoms with Gasteiger partial charge >= 0.3 is 0 Å². The van der Waals surface area contributed by atoms with Gasteiger partial charge in [-0.05, 0) is 37.0 Å². The van der Waals surface area contributed by atoms with E-state index in [2.05, 4.69) is 19.2 Å². The predicted molar refractivity (Wildman–Crippen MR) is 86.5 cm³/mol. The van der Waals surface area contributed by atoms with E-state index in [4.69, 9.17) is 16.6 Å². The Balaban J connectivity index is 1.90. The van der Waals surface area contributed by atoms with Crippen molar-refractivity contribution in [2.45, 2.75) is 45.2 Å². The van der Waals surface area contributed by atoms with Gasteiger partial charge in [-0.3, -0.25) is 0 Å². The third kappa shape index (κ3) is 3.44. The van der Waals surface area contributed by atoms with Crippen LogP contribution in [0.5, 0.6) is 0 Å². The summed E-state index contributed by atoms with van der Waals surface area (Å²) in [5.74, 6) is -0.0152. The van der Waals surface area contributed by atoms with Crippen molar-refractivity contribution in [3.8, 4) is 10.6 Å². The van der Waals surface area contributed by atoms with Crippen molar-refractivity contribution in [2.24, 2.45) is 0 Å². The molecule has 1 saturated carbocycles. The van der Waals surface area contributed by atoms with Gasteiger partial charge in [0.1, 0.15) is 10.8 Å². The highest BCUT2D eigenvalue weighted by Crippen LogP contribution is 2.34. The molecule has 1 aliphatic carbocycles. The molecule has 0 amide bonds. The molecule has 0 unspecified atom stereocenters. The van der Waals surface area contributed by atoms with E-state index in [1.807, 2.05) is 0 Å². The van der Waals surface area contributed by atoms with E-state index in [9.17, 15) is 4.39 Å². The van der Waals surface area contributed by atoms with E-state index in [1.54, 1.807) is 23.5 Å². The van der Waals surface area contributed by atoms with Crippen LogP contribution in [0.15, 0.2) is 18.2 Å². The van der Waals surface area contributed by atoms with Crippen LogP contribution in [0.3, 0.4) is 0 Å². The van der Waals surface area contributed by atoms with Gasteiger partial charge in [0, 0.05) is 23.0 Å². The zero-order valence-electron chi connectivity index (χ0n) is 12.1. The van der Waals surface area contributed by atoms with E-state index in [-0.39, 0.29) is 5.02 Å². The maximum Gasteiger partial charge on any atom is 0.141 e. The van der Waals surface area contributed by atoms with Crippen molar-refractivity contribution in [1.82, 2.24) is 10.3 Å². The molecule has 5 heteroatoms. The molecule has 21 heavy (non-hydrogen) atoms. The number of hydrogen-bond acceptors (Lipinski definition) is 3. The first-order chi connectivity index (χ1) is 10.0. The Labute approximate surface area is 133 Å². The summed E-state index contributed by atoms with van der Waals surface area (Å²) < 4.78 is 13.3. The fourth-order valence-corrected chi connectivity index (χ4v) is 3.56. The molecule has 1 fully saturated rings. The minimum atomic E-state index is -0.392. The summed E-state index contributed by atoms with van der Waals surface area (Å²) in [6, 6.07) is 5.46. The van der Waals surface area contributed by atoms with Crippen molar-refractivity contribution >= 4 is 22.9 Å². The highest BCUT2D eigenvalue weighted by Gasteiger charge is 2.22. The van der Waals surface area contributed by atoms with Gasteiger partial charge in [-0.15, -0.1) is 11.3 Å². The number of nitrogens with one attached hydrogen (secondary N) is 1. The van der Waals surface area contributed by atoms with Crippen molar-refractivity contribution in [2.75, 3.05) is 0 Å². The van der Waals surface area contributed by atoms with Gasteiger partial charge in [0.15, 0.2) is 0 Å². The molecular weight excluding hydrogens is 307 g/mol. The Hall–Kier alpha value is -0.970. The fraction of sp³-hybridized carbons (Fsp3) is 0.438. The van der Waals surface area contributed by atoms with Crippen molar-refractivity contribution in [1.29, 1.82) is 0 Å². The second kappa shape index (κ2) is 6.03. The average Bonchev–Trinajstić information content (AvgIpc) is 3.17. The van der Waals surface area contributed by atoms with Gasteiger partial charge in [0.05, 0.1) is 10.7 Å². The van der Waals surface area contributed by atoms with Crippen molar-refractivity contribution in [3.63, 3.8) is 0 Å². The number of thiazole rings is 1. The van der Waals surface area contributed by atoms with Crippen LogP contribution in [-0.4, -0.2) is 11.0 Å². The van der Waals surface area contributed by atoms with Crippen molar-refractivity contribution in [3.05, 3.63) is 39.6 Å². The third-order valence-electron chi connectivity index (χ3n) is 3.57. The molecule has 2 nitrogen and oxygen atoms in total. The van der Waals surface area contributed by atoms with Gasteiger partial charge < -0.3 is 5.32 Å². The molecule has 0 spiro atoms. The lowest BCUT2D eigenvalue weighted by atomic mass is 10.1. The molecular formula is C16H18ClFN2S. The van der Waals surface area contributed by atoms with Crippen LogP contribution in [-0.2, 0) is 6.54 Å². The van der Waals surface area contributed by atoms with E-state index in [0.717, 1.165) is 22.8 Å². The summed E-state index contributed by atoms with van der Waals surface area (Å²) in [7, 11) is 0. The number of nitrogens with zero attached hydrogens (tertiary/aromatic N) is 1. The zero-order valence-corrected chi connectivity index (χ0v) is 13.7. The standard InChI is InChI=1S/C16H18ClFN2S/c1-9(2)15-14(8-19-11-4-5-11)21-16(20-15)10-3-6-13(18)12(17)7-10/h3,6-7,9,11,19H,4-5,8H2,1-2H3. The summed E-state index contributed by atoms with van der Waals surface area (Å²) in [5.41, 5.74) is 2.01. The van der Waals surface area contributed by atoms with Crippen LogP contribution in [0.4, 0.5) is 4.39 Å². The first-order valence-electron chi connectivity index (χ1n) is 7.23. The Bertz CT molecular complexity index is 650. The molecule has 1 N–H and O–H groups in total. The highest BCUT2D eigenvalue weighted by atomic mass is 35.5. The molecule has 2 aromatic rings. The van der Waals surface area contributed by atoms with E-state index < -0.39 is 5.82 Å². The summed E-state index contributed by atoms with van der Waals surface area (Å²) in [5, 5.41) is 4.59. The van der Waals surface area contributed by atoms with E-state index in [0.29, 0.717) is 12.0 Å². The van der Waals surface area contributed by atoms with Crippen LogP contribution >= 0.6 is 22.9 Å². The van der Waals surface area contributed by atoms with Gasteiger partial charge in [-0.2, -0.15) is 0 Å². The number of rotatable bonds is 5. The average molecular weight is 325 g/mol. The Morgan fingerprint density at radius 1 is 1.43 bits per heavy atom. The smallest absolute Gasteiger partial charge is 0.141 e. The molecule has 0 radical (unpaired) electrons. The van der Waals surface area contributed by atoms with Crippen LogP contribution in [0, 0.1) is 5.82 Å². The first kappa shape index (κ1) is 14.9. The monoisotopic (exact) mass is 324 g/mol. The van der Waals surface area contributed by atoms with E-state index in [1.165, 1.54) is 23.8 Å². The Kier molecular flexibility index (Phi) is 4.29. The molecule has 0 aliphatic heterocycles. The normalized spacial score (nSPS) is 14.9. The minimum absolute atomic E-state index is 0.145. The summed E-state index contributed by atoms with van der Waals surface area (Å²) >= 11 is 7.54. The molecule has 0 bridgehead atoms. The quantitative estimate of drug-likeness (QED) is 0.839. The second-order valence-electron chi connectivity index (χ2n) is 5.77. The maximum atomic E-state index is 13.3. The second-order valence-corrected chi connectivity index (χ2v) is 7.26. The topological polar surface area (TPSA) is 24.9 Å². The molecule has 112 valence electrons. The number of benzene rings is 1. The molecule has 1 aliphatic rings. The van der Waals surface area contributed by atoms with Gasteiger partial charge in [0.25, 0.3) is 0 Å². The molecule has 1 aromatic carbocycles. The third-order valence-corrected chi connectivity index (χ3v) is 4.98. The van der Waals surface area contributed by atoms with Gasteiger partial charge in [0.2, 0.25) is 0 Å². The Morgan fingerprint density at radius 3 is 2.81 bits per heavy atom. The Morgan fingerprint density at radius 2 is 2.19 bits per heavy atom. The minimum Gasteiger partial charge on any atom is -0.309 e. The number of hydrogen-bond donors (Lipinski definition) is 1. The summed E-state index contributed by atoms with van der Waals surface area (Å²) in [4.78, 5) is 6.02. The lowest BCUT2D eigenvalue weighted by Gasteiger charge is -2.05. The molecule has 0 atom stereocenters. The molecule has 3 rings (SSSR count). The largest absolute Gasteiger partial charge is 0.309 e. The molecule has 0 saturated heterocycles. The van der Waals surface area contributed by atoms with Gasteiger partial charge in [-0.25, -0.2) is 9.37 Å². The van der Waals surface area contributed by atoms with Crippen molar-refractivity contribution < 1.29 is 4.39 Å². The van der Waals surface area contributed by atoms with Crippen LogP contribution < -0.4 is 5.32 Å². The number of aromatic nitrogens is 1. The van der Waals surface area contributed by atoms with Gasteiger partial charge in [-0.1, -0.05) is 25.4 Å². The number of halogens is 2. The summed E-state index contributed by atoms with van der Waals surface area (Å²) in [6.45, 7) is 5.17. The first-order valence-corrected chi connectivity index (χ1v) is 8.42. The summed E-state index contributed by atoms with van der Waals surface area (Å²) in [6.07, 6.45) is 2.55. The fourth-order valence-electron chi connectivity index (χ4n) is 2.22. The van der Waals surface area contributed by atoms with Crippen LogP contribution in [0.2, 0.25) is 5.02 Å². The van der Waals surface area contributed by atoms with E-state index >= 15 is 0 Å².